The molecule has 0 radical (unpaired) electrons. The first-order valence-electron chi connectivity index (χ1n) is 13.2. The fraction of sp³-hybridized carbons (Fsp3) is 0.533. The molecule has 182 valence electrons. The van der Waals surface area contributed by atoms with E-state index in [0.717, 1.165) is 64.2 Å². The summed E-state index contributed by atoms with van der Waals surface area (Å²) in [6, 6.07) is 15.5. The first-order valence-corrected chi connectivity index (χ1v) is 13.2. The number of aryl methyl sites for hydroxylation is 2. The number of hydrogen-bond donors (Lipinski definition) is 0. The van der Waals surface area contributed by atoms with Crippen molar-refractivity contribution in [1.82, 2.24) is 0 Å². The van der Waals surface area contributed by atoms with Crippen molar-refractivity contribution in [3.63, 3.8) is 0 Å². The zero-order chi connectivity index (χ0) is 23.9. The largest absolute Gasteiger partial charge is 0.459 e. The molecule has 4 nitrogen and oxygen atoms in total. The van der Waals surface area contributed by atoms with E-state index >= 15 is 0 Å². The molecule has 0 aliphatic heterocycles. The highest BCUT2D eigenvalue weighted by Crippen LogP contribution is 2.39. The van der Waals surface area contributed by atoms with Crippen molar-refractivity contribution >= 4 is 11.9 Å². The van der Waals surface area contributed by atoms with E-state index in [0.29, 0.717) is 23.0 Å². The van der Waals surface area contributed by atoms with E-state index in [4.69, 9.17) is 9.47 Å². The molecule has 0 spiro atoms. The maximum absolute atomic E-state index is 12.5. The lowest BCUT2D eigenvalue weighted by molar-refractivity contribution is -0.000150. The van der Waals surface area contributed by atoms with Gasteiger partial charge in [0.05, 0.1) is 11.1 Å². The molecule has 4 rings (SSSR count). The van der Waals surface area contributed by atoms with Crippen molar-refractivity contribution in [3.05, 3.63) is 70.8 Å². The Bertz CT molecular complexity index is 851. The van der Waals surface area contributed by atoms with Gasteiger partial charge < -0.3 is 9.47 Å². The SMILES string of the molecule is CCc1ccc(C(=O)OC2CCC(C3CCC(OC(=O)c4ccc(CC)cc4)CC3)CC2)cc1. The molecule has 2 aromatic carbocycles. The smallest absolute Gasteiger partial charge is 0.338 e. The molecule has 2 aliphatic carbocycles. The van der Waals surface area contributed by atoms with E-state index in [-0.39, 0.29) is 24.1 Å². The summed E-state index contributed by atoms with van der Waals surface area (Å²) in [5.74, 6) is 0.990. The van der Waals surface area contributed by atoms with Crippen molar-refractivity contribution < 1.29 is 19.1 Å². The normalized spacial score (nSPS) is 24.9. The van der Waals surface area contributed by atoms with Crippen LogP contribution in [0.5, 0.6) is 0 Å². The number of hydrogen-bond acceptors (Lipinski definition) is 4. The summed E-state index contributed by atoms with van der Waals surface area (Å²) in [6.45, 7) is 4.22. The molecule has 0 N–H and O–H groups in total. The fourth-order valence-corrected chi connectivity index (χ4v) is 5.55. The summed E-state index contributed by atoms with van der Waals surface area (Å²) in [5, 5.41) is 0. The highest BCUT2D eigenvalue weighted by molar-refractivity contribution is 5.90. The highest BCUT2D eigenvalue weighted by Gasteiger charge is 2.33. The Labute approximate surface area is 204 Å². The molecule has 2 saturated carbocycles. The van der Waals surface area contributed by atoms with Crippen LogP contribution >= 0.6 is 0 Å². The monoisotopic (exact) mass is 462 g/mol. The van der Waals surface area contributed by atoms with Crippen LogP contribution in [0, 0.1) is 11.8 Å². The van der Waals surface area contributed by atoms with E-state index in [1.807, 2.05) is 48.5 Å². The second-order valence-electron chi connectivity index (χ2n) is 9.99. The van der Waals surface area contributed by atoms with Gasteiger partial charge in [-0.1, -0.05) is 38.1 Å². The van der Waals surface area contributed by atoms with Gasteiger partial charge >= 0.3 is 11.9 Å². The van der Waals surface area contributed by atoms with E-state index in [1.165, 1.54) is 11.1 Å². The van der Waals surface area contributed by atoms with Crippen molar-refractivity contribution in [1.29, 1.82) is 0 Å². The Hall–Kier alpha value is -2.62. The van der Waals surface area contributed by atoms with Gasteiger partial charge in [0.25, 0.3) is 0 Å². The van der Waals surface area contributed by atoms with Crippen LogP contribution in [0.4, 0.5) is 0 Å². The maximum atomic E-state index is 12.5. The molecule has 2 fully saturated rings. The predicted octanol–water partition coefficient (Wildman–Crippen LogP) is 6.94. The zero-order valence-electron chi connectivity index (χ0n) is 20.6. The summed E-state index contributed by atoms with van der Waals surface area (Å²) in [7, 11) is 0. The minimum Gasteiger partial charge on any atom is -0.459 e. The van der Waals surface area contributed by atoms with E-state index in [2.05, 4.69) is 13.8 Å². The Morgan fingerprint density at radius 2 is 0.912 bits per heavy atom. The summed E-state index contributed by atoms with van der Waals surface area (Å²) >= 11 is 0. The van der Waals surface area contributed by atoms with Crippen LogP contribution in [-0.4, -0.2) is 24.1 Å². The van der Waals surface area contributed by atoms with Gasteiger partial charge in [0.15, 0.2) is 0 Å². The Balaban J connectivity index is 1.17. The van der Waals surface area contributed by atoms with Crippen LogP contribution in [-0.2, 0) is 22.3 Å². The van der Waals surface area contributed by atoms with Gasteiger partial charge in [0.2, 0.25) is 0 Å². The quantitative estimate of drug-likeness (QED) is 0.418. The summed E-state index contributed by atoms with van der Waals surface area (Å²) in [4.78, 5) is 25.0. The molecule has 34 heavy (non-hydrogen) atoms. The van der Waals surface area contributed by atoms with Crippen LogP contribution in [0.3, 0.4) is 0 Å². The number of carbonyl (C=O) groups excluding carboxylic acids is 2. The predicted molar refractivity (Wildman–Crippen MR) is 134 cm³/mol. The summed E-state index contributed by atoms with van der Waals surface area (Å²) in [5.41, 5.74) is 3.75. The molecular weight excluding hydrogens is 424 g/mol. The van der Waals surface area contributed by atoms with Gasteiger partial charge in [-0.05, 0) is 111 Å². The molecule has 0 unspecified atom stereocenters. The standard InChI is InChI=1S/C30H38O4/c1-3-21-5-9-25(10-6-21)29(31)33-27-17-13-23(14-18-27)24-15-19-28(20-16-24)34-30(32)26-11-7-22(4-2)8-12-26/h5-12,23-24,27-28H,3-4,13-20H2,1-2H3. The molecule has 2 aromatic rings. The minimum absolute atomic E-state index is 0.0333. The van der Waals surface area contributed by atoms with E-state index < -0.39 is 0 Å². The second-order valence-corrected chi connectivity index (χ2v) is 9.99. The van der Waals surface area contributed by atoms with Gasteiger partial charge in [-0.2, -0.15) is 0 Å². The van der Waals surface area contributed by atoms with Crippen LogP contribution in [0.1, 0.15) is 97.1 Å². The van der Waals surface area contributed by atoms with Crippen molar-refractivity contribution in [2.24, 2.45) is 11.8 Å². The lowest BCUT2D eigenvalue weighted by atomic mass is 9.72. The third-order valence-electron chi connectivity index (χ3n) is 7.85. The van der Waals surface area contributed by atoms with Crippen molar-refractivity contribution in [2.75, 3.05) is 0 Å². The number of ether oxygens (including phenoxy) is 2. The summed E-state index contributed by atoms with van der Waals surface area (Å²) < 4.78 is 11.6. The molecule has 0 bridgehead atoms. The molecular formula is C30H38O4. The van der Waals surface area contributed by atoms with Gasteiger partial charge in [-0.3, -0.25) is 0 Å². The molecule has 0 amide bonds. The average molecular weight is 463 g/mol. The van der Waals surface area contributed by atoms with Gasteiger partial charge in [-0.25, -0.2) is 9.59 Å². The highest BCUT2D eigenvalue weighted by atomic mass is 16.5. The zero-order valence-corrected chi connectivity index (χ0v) is 20.6. The number of esters is 2. The first kappa shape index (κ1) is 24.5. The van der Waals surface area contributed by atoms with Gasteiger partial charge in [-0.15, -0.1) is 0 Å². The maximum Gasteiger partial charge on any atom is 0.338 e. The average Bonchev–Trinajstić information content (AvgIpc) is 2.89. The first-order chi connectivity index (χ1) is 16.6. The Morgan fingerprint density at radius 3 is 1.21 bits per heavy atom. The number of benzene rings is 2. The van der Waals surface area contributed by atoms with E-state index in [1.54, 1.807) is 0 Å². The van der Waals surface area contributed by atoms with Crippen molar-refractivity contribution in [3.8, 4) is 0 Å². The van der Waals surface area contributed by atoms with Crippen LogP contribution in [0.25, 0.3) is 0 Å². The van der Waals surface area contributed by atoms with Gasteiger partial charge in [0.1, 0.15) is 12.2 Å². The van der Waals surface area contributed by atoms with Crippen LogP contribution in [0.2, 0.25) is 0 Å². The van der Waals surface area contributed by atoms with Crippen LogP contribution in [0.15, 0.2) is 48.5 Å². The second kappa shape index (κ2) is 11.7. The summed E-state index contributed by atoms with van der Waals surface area (Å²) in [6.07, 6.45) is 10.3. The number of carbonyl (C=O) groups is 2. The lowest BCUT2D eigenvalue weighted by Gasteiger charge is -2.37. The molecule has 2 aliphatic rings. The fourth-order valence-electron chi connectivity index (χ4n) is 5.55. The molecule has 4 heteroatoms. The topological polar surface area (TPSA) is 52.6 Å². The van der Waals surface area contributed by atoms with Gasteiger partial charge in [0, 0.05) is 0 Å². The Kier molecular flexibility index (Phi) is 8.42. The number of rotatable bonds is 7. The minimum atomic E-state index is -0.197. The van der Waals surface area contributed by atoms with Crippen molar-refractivity contribution in [2.45, 2.75) is 90.3 Å². The molecule has 0 atom stereocenters. The van der Waals surface area contributed by atoms with E-state index in [9.17, 15) is 9.59 Å². The molecule has 0 heterocycles. The molecule has 0 aromatic heterocycles. The molecule has 0 saturated heterocycles. The van der Waals surface area contributed by atoms with Crippen LogP contribution < -0.4 is 0 Å². The lowest BCUT2D eigenvalue weighted by Crippen LogP contribution is -2.32. The third kappa shape index (κ3) is 6.28. The third-order valence-corrected chi connectivity index (χ3v) is 7.85. The Morgan fingerprint density at radius 1 is 0.588 bits per heavy atom.